The summed E-state index contributed by atoms with van der Waals surface area (Å²) in [6.45, 7) is 6.09. The molecule has 8 rings (SSSR count). The maximum absolute atomic E-state index is 12.8. The van der Waals surface area contributed by atoms with Gasteiger partial charge >= 0.3 is 0 Å². The van der Waals surface area contributed by atoms with Gasteiger partial charge in [0.2, 0.25) is 17.8 Å². The number of imide groups is 1. The molecule has 0 bridgehead atoms. The smallest absolute Gasteiger partial charge is 0.294 e. The number of halogens is 1. The topological polar surface area (TPSA) is 185 Å². The number of benzene rings is 1. The molecule has 0 saturated carbocycles. The maximum Gasteiger partial charge on any atom is 0.294 e. The van der Waals surface area contributed by atoms with Gasteiger partial charge in [-0.3, -0.25) is 38.6 Å². The molecule has 18 heteroatoms. The van der Waals surface area contributed by atoms with Crippen molar-refractivity contribution >= 4 is 74.4 Å². The quantitative estimate of drug-likeness (QED) is 0.176. The highest BCUT2D eigenvalue weighted by molar-refractivity contribution is 6.33. The normalized spacial score (nSPS) is 18.3. The standard InChI is InChI=1S/C39H45ClN12O5/c1-41-33(54)22-57-31-17-24-16-25(19-42-36(24)48(2)38(31)56)44-35-29(40)20-43-39(46-35)52-14-12-50(13-15-52)21-23-8-10-51(11-9-23)26-4-5-27-30(18-26)49(3)47-34(27)28-6-7-32(53)45-37(28)55/h4-5,16-20,23,28H,6-15,21-22H2,1-3H3,(H,41,54)(H,43,44,46)(H,45,53,55). The van der Waals surface area contributed by atoms with Gasteiger partial charge in [-0.05, 0) is 55.5 Å². The lowest BCUT2D eigenvalue weighted by Gasteiger charge is -2.39. The number of amides is 3. The van der Waals surface area contributed by atoms with Crippen molar-refractivity contribution in [1.29, 1.82) is 0 Å². The van der Waals surface area contributed by atoms with Crippen molar-refractivity contribution in [2.45, 2.75) is 31.6 Å². The number of piperidine rings is 2. The van der Waals surface area contributed by atoms with Crippen LogP contribution < -0.4 is 36.0 Å². The van der Waals surface area contributed by atoms with Crippen LogP contribution in [0.1, 0.15) is 37.3 Å². The number of fused-ring (bicyclic) bond motifs is 2. The molecule has 17 nitrogen and oxygen atoms in total. The maximum atomic E-state index is 12.8. The molecular formula is C39H45ClN12O5. The fourth-order valence-electron chi connectivity index (χ4n) is 8.00. The lowest BCUT2D eigenvalue weighted by Crippen LogP contribution is -2.49. The number of hydrogen-bond acceptors (Lipinski definition) is 13. The summed E-state index contributed by atoms with van der Waals surface area (Å²) in [6.07, 6.45) is 6.21. The van der Waals surface area contributed by atoms with Crippen LogP contribution in [0.25, 0.3) is 21.9 Å². The molecule has 1 atom stereocenters. The van der Waals surface area contributed by atoms with E-state index < -0.39 is 11.5 Å². The molecule has 57 heavy (non-hydrogen) atoms. The summed E-state index contributed by atoms with van der Waals surface area (Å²) in [4.78, 5) is 69.6. The molecule has 1 unspecified atom stereocenters. The lowest BCUT2D eigenvalue weighted by molar-refractivity contribution is -0.134. The van der Waals surface area contributed by atoms with Crippen LogP contribution in [0.15, 0.2) is 47.5 Å². The first-order chi connectivity index (χ1) is 27.5. The molecule has 3 N–H and O–H groups in total. The van der Waals surface area contributed by atoms with Gasteiger partial charge in [0.05, 0.1) is 35.2 Å². The number of nitrogens with one attached hydrogen (secondary N) is 3. The highest BCUT2D eigenvalue weighted by atomic mass is 35.5. The third kappa shape index (κ3) is 7.94. The van der Waals surface area contributed by atoms with Crippen molar-refractivity contribution in [3.05, 3.63) is 63.8 Å². The van der Waals surface area contributed by atoms with E-state index in [1.807, 2.05) is 17.8 Å². The van der Waals surface area contributed by atoms with E-state index in [0.717, 1.165) is 80.9 Å². The van der Waals surface area contributed by atoms with Crippen molar-refractivity contribution in [3.8, 4) is 5.75 Å². The Morgan fingerprint density at radius 1 is 0.965 bits per heavy atom. The second-order valence-electron chi connectivity index (χ2n) is 14.9. The molecule has 0 spiro atoms. The Balaban J connectivity index is 0.850. The fourth-order valence-corrected chi connectivity index (χ4v) is 8.14. The van der Waals surface area contributed by atoms with Crippen molar-refractivity contribution in [1.82, 2.24) is 44.8 Å². The third-order valence-electron chi connectivity index (χ3n) is 11.2. The highest BCUT2D eigenvalue weighted by Crippen LogP contribution is 2.34. The lowest BCUT2D eigenvalue weighted by atomic mass is 9.92. The number of rotatable bonds is 10. The third-order valence-corrected chi connectivity index (χ3v) is 11.5. The van der Waals surface area contributed by atoms with E-state index in [-0.39, 0.29) is 30.1 Å². The molecule has 3 aliphatic rings. The Labute approximate surface area is 333 Å². The number of likely N-dealkylation sites (N-methyl/N-ethyl adjacent to an activating group) is 1. The minimum absolute atomic E-state index is 0.0445. The van der Waals surface area contributed by atoms with Crippen LogP contribution in [0.5, 0.6) is 5.75 Å². The van der Waals surface area contributed by atoms with Crippen molar-refractivity contribution in [3.63, 3.8) is 0 Å². The van der Waals surface area contributed by atoms with Crippen LogP contribution in [0.3, 0.4) is 0 Å². The number of hydrogen-bond donors (Lipinski definition) is 3. The molecule has 3 amide bonds. The number of piperazine rings is 1. The van der Waals surface area contributed by atoms with Gasteiger partial charge in [-0.1, -0.05) is 11.6 Å². The van der Waals surface area contributed by atoms with Crippen LogP contribution in [-0.2, 0) is 28.5 Å². The Morgan fingerprint density at radius 3 is 2.51 bits per heavy atom. The summed E-state index contributed by atoms with van der Waals surface area (Å²) in [7, 11) is 5.01. The number of pyridine rings is 2. The highest BCUT2D eigenvalue weighted by Gasteiger charge is 2.32. The molecule has 0 radical (unpaired) electrons. The average Bonchev–Trinajstić information content (AvgIpc) is 3.54. The number of ether oxygens (including phenoxy) is 1. The van der Waals surface area contributed by atoms with E-state index in [1.165, 1.54) is 11.6 Å². The van der Waals surface area contributed by atoms with E-state index in [0.29, 0.717) is 52.3 Å². The van der Waals surface area contributed by atoms with Gasteiger partial charge in [0.25, 0.3) is 11.5 Å². The van der Waals surface area contributed by atoms with E-state index in [2.05, 4.69) is 58.8 Å². The molecule has 4 aromatic heterocycles. The number of nitrogens with zero attached hydrogens (tertiary/aromatic N) is 9. The molecule has 0 aliphatic carbocycles. The average molecular weight is 797 g/mol. The van der Waals surface area contributed by atoms with Gasteiger partial charge < -0.3 is 25.2 Å². The molecule has 3 aliphatic heterocycles. The molecule has 298 valence electrons. The molecule has 3 saturated heterocycles. The monoisotopic (exact) mass is 796 g/mol. The van der Waals surface area contributed by atoms with Gasteiger partial charge in [0.15, 0.2) is 18.2 Å². The largest absolute Gasteiger partial charge is 0.478 e. The van der Waals surface area contributed by atoms with Gasteiger partial charge in [-0.25, -0.2) is 9.97 Å². The van der Waals surface area contributed by atoms with Crippen LogP contribution in [0.2, 0.25) is 5.02 Å². The van der Waals surface area contributed by atoms with Crippen LogP contribution >= 0.6 is 11.6 Å². The number of aromatic nitrogens is 6. The van der Waals surface area contributed by atoms with Crippen molar-refractivity contribution < 1.29 is 19.1 Å². The van der Waals surface area contributed by atoms with Gasteiger partial charge in [-0.2, -0.15) is 10.1 Å². The SMILES string of the molecule is CNC(=O)COc1cc2cc(Nc3nc(N4CCN(CC5CCN(c6ccc7c(C8CCC(=O)NC8=O)nn(C)c7c6)CC5)CC4)ncc3Cl)cnc2n(C)c1=O. The van der Waals surface area contributed by atoms with Crippen LogP contribution in [-0.4, -0.2) is 111 Å². The molecule has 5 aromatic rings. The number of aryl methyl sites for hydroxylation is 2. The molecule has 3 fully saturated rings. The second-order valence-corrected chi connectivity index (χ2v) is 15.3. The second kappa shape index (κ2) is 16.0. The molecule has 1 aromatic carbocycles. The number of carbonyl (C=O) groups excluding carboxylic acids is 3. The summed E-state index contributed by atoms with van der Waals surface area (Å²) in [5.74, 6) is 0.426. The van der Waals surface area contributed by atoms with Gasteiger partial charge in [0.1, 0.15) is 10.7 Å². The summed E-state index contributed by atoms with van der Waals surface area (Å²) in [6, 6.07) is 9.76. The van der Waals surface area contributed by atoms with E-state index in [4.69, 9.17) is 26.4 Å². The molecule has 7 heterocycles. The minimum atomic E-state index is -0.414. The van der Waals surface area contributed by atoms with Crippen LogP contribution in [0.4, 0.5) is 23.1 Å². The zero-order valence-electron chi connectivity index (χ0n) is 32.1. The number of anilines is 4. The summed E-state index contributed by atoms with van der Waals surface area (Å²) >= 11 is 6.54. The Hall–Kier alpha value is -5.81. The zero-order valence-corrected chi connectivity index (χ0v) is 32.9. The zero-order chi connectivity index (χ0) is 39.8. The first kappa shape index (κ1) is 38.1. The van der Waals surface area contributed by atoms with Gasteiger partial charge in [-0.15, -0.1) is 0 Å². The van der Waals surface area contributed by atoms with Crippen molar-refractivity contribution in [2.75, 3.05) is 74.6 Å². The Morgan fingerprint density at radius 2 is 1.75 bits per heavy atom. The summed E-state index contributed by atoms with van der Waals surface area (Å²) in [5.41, 5.74) is 3.56. The fraction of sp³-hybridized carbons (Fsp3) is 0.436. The van der Waals surface area contributed by atoms with Crippen LogP contribution in [0, 0.1) is 5.92 Å². The van der Waals surface area contributed by atoms with E-state index >= 15 is 0 Å². The van der Waals surface area contributed by atoms with E-state index in [9.17, 15) is 19.2 Å². The van der Waals surface area contributed by atoms with E-state index in [1.54, 1.807) is 25.5 Å². The Bertz CT molecular complexity index is 2420. The minimum Gasteiger partial charge on any atom is -0.478 e. The molecular weight excluding hydrogens is 752 g/mol. The predicted molar refractivity (Wildman–Crippen MR) is 216 cm³/mol. The number of carbonyl (C=O) groups is 3. The summed E-state index contributed by atoms with van der Waals surface area (Å²) < 4.78 is 8.70. The first-order valence-electron chi connectivity index (χ1n) is 19.2. The summed E-state index contributed by atoms with van der Waals surface area (Å²) in [5, 5.41) is 14.8. The first-order valence-corrected chi connectivity index (χ1v) is 19.6. The predicted octanol–water partition coefficient (Wildman–Crippen LogP) is 2.69. The van der Waals surface area contributed by atoms with Crippen molar-refractivity contribution in [2.24, 2.45) is 20.0 Å². The Kier molecular flexibility index (Phi) is 10.7. The van der Waals surface area contributed by atoms with Gasteiger partial charge in [0, 0.05) is 89.8 Å².